The molecular formula is C32H34BrN2OP. The van der Waals surface area contributed by atoms with Gasteiger partial charge in [0.25, 0.3) is 0 Å². The van der Waals surface area contributed by atoms with Crippen molar-refractivity contribution in [3.05, 3.63) is 101 Å². The van der Waals surface area contributed by atoms with Crippen LogP contribution in [-0.4, -0.2) is 9.72 Å². The summed E-state index contributed by atoms with van der Waals surface area (Å²) in [5.74, 6) is 0.829. The van der Waals surface area contributed by atoms with E-state index in [9.17, 15) is 0 Å². The van der Waals surface area contributed by atoms with Gasteiger partial charge >= 0.3 is 0 Å². The van der Waals surface area contributed by atoms with Gasteiger partial charge in [0.15, 0.2) is 7.28 Å². The number of para-hydroxylation sites is 1. The highest BCUT2D eigenvalue weighted by atomic mass is 79.9. The van der Waals surface area contributed by atoms with Crippen LogP contribution in [0.5, 0.6) is 5.75 Å². The minimum atomic E-state index is -2.61. The number of rotatable bonds is 5. The first kappa shape index (κ1) is 25.8. The number of fused-ring (bicyclic) bond motifs is 3. The molecule has 0 N–H and O–H groups in total. The molecule has 1 heterocycles. The summed E-state index contributed by atoms with van der Waals surface area (Å²) in [6.07, 6.45) is 0. The quantitative estimate of drug-likeness (QED) is 0.192. The fraction of sp³-hybridized carbons (Fsp3) is 0.250. The van der Waals surface area contributed by atoms with Gasteiger partial charge in [-0.25, -0.2) is 4.74 Å². The average Bonchev–Trinajstić information content (AvgIpc) is 3.19. The van der Waals surface area contributed by atoms with Gasteiger partial charge in [-0.3, -0.25) is 0 Å². The Labute approximate surface area is 228 Å². The Bertz CT molecular complexity index is 1660. The van der Waals surface area contributed by atoms with Crippen LogP contribution in [-0.2, 0) is 6.54 Å². The van der Waals surface area contributed by atoms with Crippen molar-refractivity contribution in [2.24, 2.45) is 4.74 Å². The van der Waals surface area contributed by atoms with E-state index >= 15 is 0 Å². The second kappa shape index (κ2) is 9.82. The summed E-state index contributed by atoms with van der Waals surface area (Å²) in [6.45, 7) is 14.2. The van der Waals surface area contributed by atoms with E-state index in [2.05, 4.69) is 123 Å². The molecule has 0 aliphatic rings. The Balaban J connectivity index is 1.84. The average molecular weight is 574 g/mol. The maximum absolute atomic E-state index is 7.09. The Morgan fingerprint density at radius 2 is 1.51 bits per heavy atom. The van der Waals surface area contributed by atoms with Gasteiger partial charge in [0, 0.05) is 43.3 Å². The summed E-state index contributed by atoms with van der Waals surface area (Å²) in [7, 11) is -2.61. The fourth-order valence-corrected chi connectivity index (χ4v) is 8.31. The molecule has 1 atom stereocenters. The number of benzene rings is 4. The Morgan fingerprint density at radius 3 is 2.19 bits per heavy atom. The van der Waals surface area contributed by atoms with E-state index in [1.807, 2.05) is 24.3 Å². The summed E-state index contributed by atoms with van der Waals surface area (Å²) in [5.41, 5.74) is 5.96. The lowest BCUT2D eigenvalue weighted by Gasteiger charge is -2.37. The first-order valence-corrected chi connectivity index (χ1v) is 15.2. The molecule has 0 bridgehead atoms. The maximum atomic E-state index is 7.09. The standard InChI is InChI=1S/C32H34BrN2OP/c1-7-35-30-11-9-8-10-28(30)29-21-27(18-19-31(29)35)37(32(4,5)6,36-26-16-13-24(33)14-17-26)34-25-15-12-22(2)23(3)20-25/h8-21H,7H2,1-6H3. The third-order valence-corrected chi connectivity index (χ3v) is 11.4. The van der Waals surface area contributed by atoms with Crippen molar-refractivity contribution in [3.8, 4) is 5.75 Å². The van der Waals surface area contributed by atoms with Gasteiger partial charge in [-0.1, -0.05) is 61.0 Å². The topological polar surface area (TPSA) is 26.5 Å². The normalized spacial score (nSPS) is 13.6. The summed E-state index contributed by atoms with van der Waals surface area (Å²) in [6, 6.07) is 30.1. The van der Waals surface area contributed by atoms with E-state index in [4.69, 9.17) is 9.27 Å². The molecule has 4 aromatic carbocycles. The van der Waals surface area contributed by atoms with Crippen molar-refractivity contribution in [2.45, 2.75) is 53.2 Å². The van der Waals surface area contributed by atoms with Crippen LogP contribution in [0, 0.1) is 13.8 Å². The molecule has 190 valence electrons. The molecule has 5 aromatic rings. The number of halogens is 1. The van der Waals surface area contributed by atoms with Crippen LogP contribution in [0.3, 0.4) is 0 Å². The van der Waals surface area contributed by atoms with E-state index in [-0.39, 0.29) is 5.16 Å². The first-order chi connectivity index (χ1) is 17.6. The van der Waals surface area contributed by atoms with Gasteiger partial charge in [0.2, 0.25) is 0 Å². The number of nitrogens with zero attached hydrogens (tertiary/aromatic N) is 2. The molecule has 0 aliphatic heterocycles. The van der Waals surface area contributed by atoms with Gasteiger partial charge in [-0.2, -0.15) is 0 Å². The zero-order chi connectivity index (χ0) is 26.4. The van der Waals surface area contributed by atoms with Crippen molar-refractivity contribution in [3.63, 3.8) is 0 Å². The Morgan fingerprint density at radius 1 is 0.811 bits per heavy atom. The SMILES string of the molecule is CCn1c2ccccc2c2cc(P(=Nc3ccc(C)c(C)c3)(Oc3ccc(Br)cc3)C(C)(C)C)ccc21. The van der Waals surface area contributed by atoms with Crippen molar-refractivity contribution in [2.75, 3.05) is 0 Å². The minimum Gasteiger partial charge on any atom is -0.455 e. The molecular weight excluding hydrogens is 539 g/mol. The minimum absolute atomic E-state index is 0.254. The zero-order valence-electron chi connectivity index (χ0n) is 22.4. The highest BCUT2D eigenvalue weighted by Crippen LogP contribution is 2.62. The van der Waals surface area contributed by atoms with Gasteiger partial charge < -0.3 is 9.09 Å². The predicted octanol–water partition coefficient (Wildman–Crippen LogP) is 10.1. The van der Waals surface area contributed by atoms with Gasteiger partial charge in [0.1, 0.15) is 5.75 Å². The summed E-state index contributed by atoms with van der Waals surface area (Å²) >= 11 is 3.56. The van der Waals surface area contributed by atoms with E-state index in [0.29, 0.717) is 0 Å². The van der Waals surface area contributed by atoms with E-state index in [1.165, 1.54) is 32.9 Å². The Kier molecular flexibility index (Phi) is 6.85. The molecule has 0 spiro atoms. The molecule has 1 unspecified atom stereocenters. The number of hydrogen-bond acceptors (Lipinski definition) is 2. The van der Waals surface area contributed by atoms with Crippen molar-refractivity contribution >= 4 is 56.0 Å². The number of aryl methyl sites for hydroxylation is 3. The lowest BCUT2D eigenvalue weighted by Crippen LogP contribution is -2.27. The lowest BCUT2D eigenvalue weighted by atomic mass is 10.1. The Hall–Kier alpha value is -2.81. The van der Waals surface area contributed by atoms with Gasteiger partial charge in [-0.15, -0.1) is 0 Å². The van der Waals surface area contributed by atoms with Crippen LogP contribution in [0.15, 0.2) is 94.1 Å². The summed E-state index contributed by atoms with van der Waals surface area (Å²) < 4.78 is 16.0. The van der Waals surface area contributed by atoms with Crippen LogP contribution in [0.1, 0.15) is 38.8 Å². The molecule has 0 saturated carbocycles. The zero-order valence-corrected chi connectivity index (χ0v) is 24.9. The van der Waals surface area contributed by atoms with Crippen molar-refractivity contribution in [1.29, 1.82) is 0 Å². The van der Waals surface area contributed by atoms with E-state index in [0.717, 1.165) is 27.8 Å². The van der Waals surface area contributed by atoms with Crippen LogP contribution in [0.25, 0.3) is 21.8 Å². The molecule has 37 heavy (non-hydrogen) atoms. The van der Waals surface area contributed by atoms with Crippen LogP contribution < -0.4 is 9.83 Å². The molecule has 5 rings (SSSR count). The second-order valence-electron chi connectivity index (χ2n) is 10.6. The fourth-order valence-electron chi connectivity index (χ4n) is 4.97. The van der Waals surface area contributed by atoms with Crippen LogP contribution in [0.2, 0.25) is 0 Å². The van der Waals surface area contributed by atoms with Crippen molar-refractivity contribution in [1.82, 2.24) is 4.57 Å². The van der Waals surface area contributed by atoms with E-state index < -0.39 is 7.28 Å². The largest absolute Gasteiger partial charge is 0.455 e. The van der Waals surface area contributed by atoms with Crippen molar-refractivity contribution < 1.29 is 4.52 Å². The molecule has 0 saturated heterocycles. The highest BCUT2D eigenvalue weighted by Gasteiger charge is 2.39. The third kappa shape index (κ3) is 4.67. The second-order valence-corrected chi connectivity index (χ2v) is 14.9. The van der Waals surface area contributed by atoms with Crippen LogP contribution >= 0.6 is 23.2 Å². The number of aromatic nitrogens is 1. The molecule has 0 fully saturated rings. The molecule has 0 aliphatic carbocycles. The van der Waals surface area contributed by atoms with Gasteiger partial charge in [-0.05, 0) is 92.6 Å². The van der Waals surface area contributed by atoms with Gasteiger partial charge in [0.05, 0.1) is 5.69 Å². The smallest absolute Gasteiger partial charge is 0.173 e. The molecule has 0 radical (unpaired) electrons. The summed E-state index contributed by atoms with van der Waals surface area (Å²) in [4.78, 5) is 0. The lowest BCUT2D eigenvalue weighted by molar-refractivity contribution is 0.571. The molecule has 0 amide bonds. The van der Waals surface area contributed by atoms with Crippen LogP contribution in [0.4, 0.5) is 5.69 Å². The first-order valence-electron chi connectivity index (χ1n) is 12.8. The maximum Gasteiger partial charge on any atom is 0.173 e. The monoisotopic (exact) mass is 572 g/mol. The molecule has 1 aromatic heterocycles. The third-order valence-electron chi connectivity index (χ3n) is 7.13. The summed E-state index contributed by atoms with van der Waals surface area (Å²) in [5, 5.41) is 3.41. The molecule has 3 nitrogen and oxygen atoms in total. The van der Waals surface area contributed by atoms with E-state index in [1.54, 1.807) is 0 Å². The highest BCUT2D eigenvalue weighted by molar-refractivity contribution is 9.10. The number of hydrogen-bond donors (Lipinski definition) is 0. The molecule has 5 heteroatoms. The predicted molar refractivity (Wildman–Crippen MR) is 164 cm³/mol.